The van der Waals surface area contributed by atoms with Gasteiger partial charge in [-0.05, 0) is 7.05 Å². The van der Waals surface area contributed by atoms with Crippen LogP contribution in [0.1, 0.15) is 6.92 Å². The summed E-state index contributed by atoms with van der Waals surface area (Å²) < 4.78 is 4.87. The van der Waals surface area contributed by atoms with E-state index >= 15 is 0 Å². The number of hydrogen-bond donors (Lipinski definition) is 2. The molecule has 1 unspecified atom stereocenters. The highest BCUT2D eigenvalue weighted by atomic mass is 16.4. The molecule has 0 aliphatic heterocycles. The van der Waals surface area contributed by atoms with Gasteiger partial charge in [0.2, 0.25) is 11.8 Å². The fraction of sp³-hybridized carbons (Fsp3) is 0.500. The van der Waals surface area contributed by atoms with E-state index in [1.54, 1.807) is 7.05 Å². The van der Waals surface area contributed by atoms with Gasteiger partial charge in [0, 0.05) is 12.5 Å². The molecule has 1 atom stereocenters. The fourth-order valence-corrected chi connectivity index (χ4v) is 0.921. The van der Waals surface area contributed by atoms with E-state index in [1.165, 1.54) is 12.6 Å². The first-order valence-electron chi connectivity index (χ1n) is 4.08. The van der Waals surface area contributed by atoms with Gasteiger partial charge in [-0.25, -0.2) is 4.98 Å². The average molecular weight is 183 g/mol. The Morgan fingerprint density at radius 2 is 2.54 bits per heavy atom. The predicted octanol–water partition coefficient (Wildman–Crippen LogP) is 0.469. The smallest absolute Gasteiger partial charge is 0.230 e. The molecular formula is C8H13N3O2. The van der Waals surface area contributed by atoms with Crippen LogP contribution in [0.15, 0.2) is 17.0 Å². The van der Waals surface area contributed by atoms with Crippen LogP contribution in [0.25, 0.3) is 0 Å². The molecule has 0 bridgehead atoms. The third-order valence-corrected chi connectivity index (χ3v) is 1.64. The fourth-order valence-electron chi connectivity index (χ4n) is 0.921. The molecule has 0 radical (unpaired) electrons. The highest BCUT2D eigenvalue weighted by Crippen LogP contribution is 2.05. The second-order valence-corrected chi connectivity index (χ2v) is 2.81. The number of hydrogen-bond acceptors (Lipinski definition) is 4. The van der Waals surface area contributed by atoms with Crippen LogP contribution in [0.5, 0.6) is 0 Å². The van der Waals surface area contributed by atoms with E-state index in [1.807, 2.05) is 6.92 Å². The zero-order chi connectivity index (χ0) is 9.68. The normalized spacial score (nSPS) is 12.5. The van der Waals surface area contributed by atoms with Crippen molar-refractivity contribution >= 4 is 11.8 Å². The summed E-state index contributed by atoms with van der Waals surface area (Å²) in [5, 5.41) is 5.52. The van der Waals surface area contributed by atoms with E-state index in [-0.39, 0.29) is 11.8 Å². The van der Waals surface area contributed by atoms with E-state index in [9.17, 15) is 4.79 Å². The molecule has 0 saturated heterocycles. The Morgan fingerprint density at radius 3 is 3.08 bits per heavy atom. The standard InChI is InChI=1S/C8H13N3O2/c1-6(3-9-2)8(12)11-7-4-10-5-13-7/h4-6,9H,3H2,1-2H3,(H,11,12). The molecule has 1 aromatic rings. The van der Waals surface area contributed by atoms with Crippen molar-refractivity contribution in [1.29, 1.82) is 0 Å². The minimum Gasteiger partial charge on any atom is -0.428 e. The number of nitrogens with zero attached hydrogens (tertiary/aromatic N) is 1. The van der Waals surface area contributed by atoms with Crippen molar-refractivity contribution in [3.8, 4) is 0 Å². The highest BCUT2D eigenvalue weighted by molar-refractivity contribution is 5.91. The molecule has 0 aliphatic carbocycles. The van der Waals surface area contributed by atoms with E-state index in [2.05, 4.69) is 15.6 Å². The lowest BCUT2D eigenvalue weighted by molar-refractivity contribution is -0.119. The zero-order valence-corrected chi connectivity index (χ0v) is 7.70. The van der Waals surface area contributed by atoms with Crippen molar-refractivity contribution < 1.29 is 9.21 Å². The number of nitrogens with one attached hydrogen (secondary N) is 2. The Kier molecular flexibility index (Phi) is 3.45. The molecule has 0 fully saturated rings. The molecule has 5 nitrogen and oxygen atoms in total. The molecular weight excluding hydrogens is 170 g/mol. The number of carbonyl (C=O) groups excluding carboxylic acids is 1. The van der Waals surface area contributed by atoms with Crippen molar-refractivity contribution in [3.63, 3.8) is 0 Å². The van der Waals surface area contributed by atoms with Crippen LogP contribution >= 0.6 is 0 Å². The number of anilines is 1. The maximum Gasteiger partial charge on any atom is 0.230 e. The molecule has 13 heavy (non-hydrogen) atoms. The molecule has 0 saturated carbocycles. The Balaban J connectivity index is 2.41. The van der Waals surface area contributed by atoms with E-state index in [0.29, 0.717) is 12.4 Å². The average Bonchev–Trinajstić information content (AvgIpc) is 2.57. The minimum absolute atomic E-state index is 0.0777. The largest absolute Gasteiger partial charge is 0.428 e. The van der Waals surface area contributed by atoms with Crippen LogP contribution in [0, 0.1) is 5.92 Å². The number of carbonyl (C=O) groups is 1. The molecule has 5 heteroatoms. The van der Waals surface area contributed by atoms with Crippen molar-refractivity contribution in [2.45, 2.75) is 6.92 Å². The summed E-state index contributed by atoms with van der Waals surface area (Å²) in [7, 11) is 1.80. The van der Waals surface area contributed by atoms with Gasteiger partial charge in [0.25, 0.3) is 0 Å². The third-order valence-electron chi connectivity index (χ3n) is 1.64. The summed E-state index contributed by atoms with van der Waals surface area (Å²) in [6.45, 7) is 2.47. The topological polar surface area (TPSA) is 67.2 Å². The van der Waals surface area contributed by atoms with Gasteiger partial charge in [0.05, 0.1) is 6.20 Å². The van der Waals surface area contributed by atoms with Gasteiger partial charge in [-0.1, -0.05) is 6.92 Å². The second-order valence-electron chi connectivity index (χ2n) is 2.81. The molecule has 0 aromatic carbocycles. The Morgan fingerprint density at radius 1 is 1.77 bits per heavy atom. The van der Waals surface area contributed by atoms with Crippen LogP contribution in [-0.4, -0.2) is 24.5 Å². The Bertz CT molecular complexity index is 258. The van der Waals surface area contributed by atoms with Gasteiger partial charge in [-0.15, -0.1) is 0 Å². The molecule has 0 spiro atoms. The lowest BCUT2D eigenvalue weighted by Crippen LogP contribution is -2.28. The lowest BCUT2D eigenvalue weighted by atomic mass is 10.1. The van der Waals surface area contributed by atoms with E-state index in [0.717, 1.165) is 0 Å². The molecule has 0 aliphatic rings. The monoisotopic (exact) mass is 183 g/mol. The molecule has 2 N–H and O–H groups in total. The minimum atomic E-state index is -0.0879. The molecule has 72 valence electrons. The third kappa shape index (κ3) is 2.87. The summed E-state index contributed by atoms with van der Waals surface area (Å²) in [5.41, 5.74) is 0. The summed E-state index contributed by atoms with van der Waals surface area (Å²) in [4.78, 5) is 15.0. The lowest BCUT2D eigenvalue weighted by Gasteiger charge is -2.08. The molecule has 1 heterocycles. The van der Waals surface area contributed by atoms with E-state index in [4.69, 9.17) is 4.42 Å². The second kappa shape index (κ2) is 4.61. The molecule has 1 aromatic heterocycles. The maximum atomic E-state index is 11.4. The first kappa shape index (κ1) is 9.73. The maximum absolute atomic E-state index is 11.4. The highest BCUT2D eigenvalue weighted by Gasteiger charge is 2.12. The summed E-state index contributed by atoms with van der Waals surface area (Å²) >= 11 is 0. The van der Waals surface area contributed by atoms with E-state index < -0.39 is 0 Å². The van der Waals surface area contributed by atoms with Crippen LogP contribution in [0.4, 0.5) is 5.88 Å². The predicted molar refractivity (Wildman–Crippen MR) is 48.2 cm³/mol. The number of oxazole rings is 1. The Labute approximate surface area is 76.5 Å². The number of amides is 1. The van der Waals surface area contributed by atoms with Crippen LogP contribution in [0.3, 0.4) is 0 Å². The number of aromatic nitrogens is 1. The van der Waals surface area contributed by atoms with Gasteiger partial charge >= 0.3 is 0 Å². The van der Waals surface area contributed by atoms with Gasteiger partial charge in [-0.3, -0.25) is 10.1 Å². The van der Waals surface area contributed by atoms with Crippen LogP contribution in [-0.2, 0) is 4.79 Å². The van der Waals surface area contributed by atoms with Gasteiger partial charge in [0.1, 0.15) is 0 Å². The van der Waals surface area contributed by atoms with Crippen LogP contribution in [0.2, 0.25) is 0 Å². The van der Waals surface area contributed by atoms with Crippen molar-refractivity contribution in [2.75, 3.05) is 18.9 Å². The SMILES string of the molecule is CNCC(C)C(=O)Nc1cnco1. The Hall–Kier alpha value is -1.36. The van der Waals surface area contributed by atoms with Crippen LogP contribution < -0.4 is 10.6 Å². The summed E-state index contributed by atoms with van der Waals surface area (Å²) in [6, 6.07) is 0. The quantitative estimate of drug-likeness (QED) is 0.712. The van der Waals surface area contributed by atoms with Crippen molar-refractivity contribution in [1.82, 2.24) is 10.3 Å². The summed E-state index contributed by atoms with van der Waals surface area (Å²) in [6.07, 6.45) is 2.74. The van der Waals surface area contributed by atoms with Crippen molar-refractivity contribution in [2.24, 2.45) is 5.92 Å². The van der Waals surface area contributed by atoms with Gasteiger partial charge in [-0.2, -0.15) is 0 Å². The van der Waals surface area contributed by atoms with Crippen molar-refractivity contribution in [3.05, 3.63) is 12.6 Å². The molecule has 1 rings (SSSR count). The number of rotatable bonds is 4. The zero-order valence-electron chi connectivity index (χ0n) is 7.70. The molecule has 1 amide bonds. The summed E-state index contributed by atoms with van der Waals surface area (Å²) in [5.74, 6) is 0.217. The first-order valence-corrected chi connectivity index (χ1v) is 4.08. The first-order chi connectivity index (χ1) is 6.24. The van der Waals surface area contributed by atoms with Gasteiger partial charge in [0.15, 0.2) is 6.39 Å². The van der Waals surface area contributed by atoms with Gasteiger partial charge < -0.3 is 9.73 Å².